The molecule has 0 aliphatic carbocycles. The summed E-state index contributed by atoms with van der Waals surface area (Å²) in [6.07, 6.45) is 2.04. The number of aryl methyl sites for hydroxylation is 1. The van der Waals surface area contributed by atoms with Gasteiger partial charge in [0.2, 0.25) is 0 Å². The minimum Gasteiger partial charge on any atom is -0.465 e. The second kappa shape index (κ2) is 7.94. The molecule has 2 heterocycles. The number of nitrogens with two attached hydrogens (primary N) is 1. The highest BCUT2D eigenvalue weighted by atomic mass is 16.3. The topological polar surface area (TPSA) is 65.9 Å². The van der Waals surface area contributed by atoms with Crippen molar-refractivity contribution >= 4 is 0 Å². The molecule has 2 unspecified atom stereocenters. The highest BCUT2D eigenvalue weighted by molar-refractivity contribution is 5.12. The molecule has 2 rings (SSSR count). The van der Waals surface area contributed by atoms with Crippen molar-refractivity contribution in [1.29, 1.82) is 0 Å². The fourth-order valence-electron chi connectivity index (χ4n) is 3.13. The van der Waals surface area contributed by atoms with Gasteiger partial charge in [-0.3, -0.25) is 9.80 Å². The molecule has 1 aromatic rings. The lowest BCUT2D eigenvalue weighted by molar-refractivity contribution is 0.146. The Morgan fingerprint density at radius 2 is 2.10 bits per heavy atom. The Kier molecular flexibility index (Phi) is 6.23. The van der Waals surface area contributed by atoms with E-state index >= 15 is 0 Å². The van der Waals surface area contributed by atoms with Crippen LogP contribution in [0.1, 0.15) is 37.3 Å². The van der Waals surface area contributed by atoms with Crippen molar-refractivity contribution < 1.29 is 9.52 Å². The highest BCUT2D eigenvalue weighted by Gasteiger charge is 2.29. The molecule has 0 aromatic carbocycles. The van der Waals surface area contributed by atoms with Crippen LogP contribution in [0.2, 0.25) is 0 Å². The molecule has 0 amide bonds. The van der Waals surface area contributed by atoms with E-state index in [2.05, 4.69) is 22.8 Å². The molecule has 120 valence electrons. The minimum absolute atomic E-state index is 0.0833. The number of hydrogen-bond acceptors (Lipinski definition) is 5. The third-order valence-electron chi connectivity index (χ3n) is 4.36. The van der Waals surface area contributed by atoms with E-state index < -0.39 is 0 Å². The Hall–Kier alpha value is -0.880. The molecule has 1 saturated heterocycles. The summed E-state index contributed by atoms with van der Waals surface area (Å²) in [4.78, 5) is 4.77. The zero-order valence-electron chi connectivity index (χ0n) is 13.3. The maximum Gasteiger partial charge on any atom is 0.122 e. The molecule has 0 radical (unpaired) electrons. The van der Waals surface area contributed by atoms with Crippen molar-refractivity contribution in [2.75, 3.05) is 39.3 Å². The lowest BCUT2D eigenvalue weighted by atomic mass is 10.0. The summed E-state index contributed by atoms with van der Waals surface area (Å²) in [5, 5.41) is 9.10. The van der Waals surface area contributed by atoms with E-state index in [1.165, 1.54) is 0 Å². The van der Waals surface area contributed by atoms with Crippen molar-refractivity contribution in [2.45, 2.75) is 38.8 Å². The van der Waals surface area contributed by atoms with Crippen LogP contribution >= 0.6 is 0 Å². The first-order valence-corrected chi connectivity index (χ1v) is 8.05. The molecule has 0 spiro atoms. The van der Waals surface area contributed by atoms with Gasteiger partial charge in [-0.15, -0.1) is 0 Å². The van der Waals surface area contributed by atoms with E-state index in [1.54, 1.807) is 0 Å². The Balaban J connectivity index is 2.10. The van der Waals surface area contributed by atoms with Gasteiger partial charge in [0.15, 0.2) is 0 Å². The molecular formula is C16H29N3O2. The average molecular weight is 295 g/mol. The van der Waals surface area contributed by atoms with E-state index in [9.17, 15) is 0 Å². The van der Waals surface area contributed by atoms with Crippen LogP contribution in [-0.2, 0) is 0 Å². The lowest BCUT2D eigenvalue weighted by Gasteiger charge is -2.33. The average Bonchev–Trinajstić information content (AvgIpc) is 2.76. The number of aliphatic hydroxyl groups is 1. The van der Waals surface area contributed by atoms with Gasteiger partial charge in [-0.25, -0.2) is 0 Å². The first-order valence-electron chi connectivity index (χ1n) is 8.05. The molecule has 5 heteroatoms. The fourth-order valence-corrected chi connectivity index (χ4v) is 3.13. The second-order valence-electron chi connectivity index (χ2n) is 5.92. The van der Waals surface area contributed by atoms with Crippen LogP contribution in [0.3, 0.4) is 0 Å². The van der Waals surface area contributed by atoms with Gasteiger partial charge < -0.3 is 15.3 Å². The molecular weight excluding hydrogens is 266 g/mol. The SMILES string of the molecule is CCC(N)C(c1ccc(C)o1)N1CCCN(CCO)CC1. The summed E-state index contributed by atoms with van der Waals surface area (Å²) in [5.41, 5.74) is 6.38. The van der Waals surface area contributed by atoms with E-state index in [-0.39, 0.29) is 18.7 Å². The molecule has 1 aliphatic rings. The largest absolute Gasteiger partial charge is 0.465 e. The van der Waals surface area contributed by atoms with E-state index in [0.29, 0.717) is 0 Å². The van der Waals surface area contributed by atoms with Gasteiger partial charge in [0, 0.05) is 32.2 Å². The van der Waals surface area contributed by atoms with Crippen LogP contribution in [-0.4, -0.2) is 60.3 Å². The summed E-state index contributed by atoms with van der Waals surface area (Å²) >= 11 is 0. The predicted octanol–water partition coefficient (Wildman–Crippen LogP) is 1.37. The van der Waals surface area contributed by atoms with Crippen molar-refractivity contribution in [3.63, 3.8) is 0 Å². The Bertz CT molecular complexity index is 421. The third kappa shape index (κ3) is 4.30. The van der Waals surface area contributed by atoms with Crippen molar-refractivity contribution in [3.8, 4) is 0 Å². The smallest absolute Gasteiger partial charge is 0.122 e. The zero-order chi connectivity index (χ0) is 15.2. The second-order valence-corrected chi connectivity index (χ2v) is 5.92. The molecule has 1 fully saturated rings. The first-order chi connectivity index (χ1) is 10.2. The van der Waals surface area contributed by atoms with Crippen LogP contribution < -0.4 is 5.73 Å². The van der Waals surface area contributed by atoms with Gasteiger partial charge in [-0.1, -0.05) is 6.92 Å². The third-order valence-corrected chi connectivity index (χ3v) is 4.36. The van der Waals surface area contributed by atoms with Gasteiger partial charge >= 0.3 is 0 Å². The number of β-amino-alcohol motifs (C(OH)–C–C–N with tert-alkyl or cyclic N) is 1. The predicted molar refractivity (Wildman–Crippen MR) is 84.2 cm³/mol. The molecule has 21 heavy (non-hydrogen) atoms. The summed E-state index contributed by atoms with van der Waals surface area (Å²) in [7, 11) is 0. The van der Waals surface area contributed by atoms with Crippen LogP contribution in [0.25, 0.3) is 0 Å². The summed E-state index contributed by atoms with van der Waals surface area (Å²) in [6.45, 7) is 9.12. The van der Waals surface area contributed by atoms with Gasteiger partial charge in [0.05, 0.1) is 12.6 Å². The van der Waals surface area contributed by atoms with Crippen LogP contribution in [0.15, 0.2) is 16.5 Å². The number of aliphatic hydroxyl groups excluding tert-OH is 1. The van der Waals surface area contributed by atoms with Crippen molar-refractivity contribution in [3.05, 3.63) is 23.7 Å². The summed E-state index contributed by atoms with van der Waals surface area (Å²) in [6, 6.07) is 4.31. The van der Waals surface area contributed by atoms with E-state index in [4.69, 9.17) is 15.3 Å². The maximum atomic E-state index is 9.10. The molecule has 2 atom stereocenters. The van der Waals surface area contributed by atoms with E-state index in [1.807, 2.05) is 13.0 Å². The standard InChI is InChI=1S/C16H29N3O2/c1-3-14(17)16(15-6-5-13(2)21-15)19-8-4-7-18(9-10-19)11-12-20/h5-6,14,16,20H,3-4,7-12,17H2,1-2H3. The molecule has 5 nitrogen and oxygen atoms in total. The minimum atomic E-state index is 0.0833. The van der Waals surface area contributed by atoms with Crippen LogP contribution in [0.4, 0.5) is 0 Å². The molecule has 1 aliphatic heterocycles. The van der Waals surface area contributed by atoms with Gasteiger partial charge in [0.25, 0.3) is 0 Å². The van der Waals surface area contributed by atoms with Gasteiger partial charge in [-0.2, -0.15) is 0 Å². The molecule has 3 N–H and O–H groups in total. The summed E-state index contributed by atoms with van der Waals surface area (Å²) in [5.74, 6) is 1.92. The first kappa shape index (κ1) is 16.5. The van der Waals surface area contributed by atoms with E-state index in [0.717, 1.165) is 57.1 Å². The lowest BCUT2D eigenvalue weighted by Crippen LogP contribution is -2.42. The summed E-state index contributed by atoms with van der Waals surface area (Å²) < 4.78 is 5.86. The van der Waals surface area contributed by atoms with Crippen molar-refractivity contribution in [1.82, 2.24) is 9.80 Å². The quantitative estimate of drug-likeness (QED) is 0.830. The van der Waals surface area contributed by atoms with Gasteiger partial charge in [-0.05, 0) is 38.4 Å². The zero-order valence-corrected chi connectivity index (χ0v) is 13.3. The Morgan fingerprint density at radius 3 is 2.71 bits per heavy atom. The highest BCUT2D eigenvalue weighted by Crippen LogP contribution is 2.27. The number of furan rings is 1. The van der Waals surface area contributed by atoms with Gasteiger partial charge in [0.1, 0.15) is 11.5 Å². The van der Waals surface area contributed by atoms with Crippen LogP contribution in [0, 0.1) is 6.92 Å². The maximum absolute atomic E-state index is 9.10. The van der Waals surface area contributed by atoms with Crippen LogP contribution in [0.5, 0.6) is 0 Å². The fraction of sp³-hybridized carbons (Fsp3) is 0.750. The number of rotatable bonds is 6. The monoisotopic (exact) mass is 295 g/mol. The molecule has 1 aromatic heterocycles. The number of hydrogen-bond donors (Lipinski definition) is 2. The Morgan fingerprint density at radius 1 is 1.29 bits per heavy atom. The Labute approximate surface area is 127 Å². The normalized spacial score (nSPS) is 21.1. The van der Waals surface area contributed by atoms with Crippen molar-refractivity contribution in [2.24, 2.45) is 5.73 Å². The molecule has 0 bridgehead atoms. The molecule has 0 saturated carbocycles. The number of nitrogens with zero attached hydrogens (tertiary/aromatic N) is 2.